The van der Waals surface area contributed by atoms with Crippen molar-refractivity contribution in [2.24, 2.45) is 5.92 Å². The molecule has 0 aromatic carbocycles. The Morgan fingerprint density at radius 3 is 2.80 bits per heavy atom. The molecule has 0 aromatic heterocycles. The quantitative estimate of drug-likeness (QED) is 0.618. The predicted octanol–water partition coefficient (Wildman–Crippen LogP) is 1.14. The van der Waals surface area contributed by atoms with E-state index in [1.54, 1.807) is 0 Å². The topological polar surface area (TPSA) is 29.1 Å². The first-order valence-corrected chi connectivity index (χ1v) is 4.05. The molecule has 0 bridgehead atoms. The van der Waals surface area contributed by atoms with Crippen LogP contribution in [0.1, 0.15) is 19.8 Å². The van der Waals surface area contributed by atoms with Crippen molar-refractivity contribution in [2.45, 2.75) is 25.1 Å². The Morgan fingerprint density at radius 2 is 2.40 bits per heavy atom. The summed E-state index contributed by atoms with van der Waals surface area (Å²) >= 11 is 5.63. The molecule has 0 radical (unpaired) electrons. The summed E-state index contributed by atoms with van der Waals surface area (Å²) in [7, 11) is 0. The second-order valence-electron chi connectivity index (χ2n) is 2.80. The predicted molar refractivity (Wildman–Crippen MR) is 41.0 cm³/mol. The maximum atomic E-state index is 10.9. The zero-order chi connectivity index (χ0) is 7.56. The standard InChI is InChI=1S/C7H12ClNO/c1-5(8)4-9-7(10)6-2-3-6/h5-6H,2-4H2,1H3,(H,9,10). The lowest BCUT2D eigenvalue weighted by molar-refractivity contribution is -0.122. The Kier molecular flexibility index (Phi) is 2.55. The van der Waals surface area contributed by atoms with Crippen molar-refractivity contribution in [3.05, 3.63) is 0 Å². The van der Waals surface area contributed by atoms with E-state index in [2.05, 4.69) is 5.32 Å². The van der Waals surface area contributed by atoms with Gasteiger partial charge < -0.3 is 5.32 Å². The molecule has 10 heavy (non-hydrogen) atoms. The number of carbonyl (C=O) groups excluding carboxylic acids is 1. The number of hydrogen-bond acceptors (Lipinski definition) is 1. The fourth-order valence-electron chi connectivity index (χ4n) is 0.731. The number of carbonyl (C=O) groups is 1. The summed E-state index contributed by atoms with van der Waals surface area (Å²) in [5.74, 6) is 0.475. The Labute approximate surface area is 65.9 Å². The van der Waals surface area contributed by atoms with Gasteiger partial charge in [0.05, 0.1) is 0 Å². The van der Waals surface area contributed by atoms with E-state index in [4.69, 9.17) is 11.6 Å². The SMILES string of the molecule is CC(Cl)CNC(=O)C1CC1. The lowest BCUT2D eigenvalue weighted by Gasteiger charge is -2.03. The number of hydrogen-bond donors (Lipinski definition) is 1. The highest BCUT2D eigenvalue weighted by Gasteiger charge is 2.29. The minimum atomic E-state index is 0.0442. The van der Waals surface area contributed by atoms with Gasteiger partial charge in [-0.1, -0.05) is 0 Å². The summed E-state index contributed by atoms with van der Waals surface area (Å²) in [5, 5.41) is 2.82. The number of alkyl halides is 1. The van der Waals surface area contributed by atoms with E-state index in [1.807, 2.05) is 6.92 Å². The largest absolute Gasteiger partial charge is 0.354 e. The van der Waals surface area contributed by atoms with Crippen molar-refractivity contribution in [1.29, 1.82) is 0 Å². The molecule has 1 aliphatic rings. The van der Waals surface area contributed by atoms with Crippen molar-refractivity contribution in [2.75, 3.05) is 6.54 Å². The number of amides is 1. The Balaban J connectivity index is 2.06. The molecule has 1 aliphatic carbocycles. The fraction of sp³-hybridized carbons (Fsp3) is 0.857. The summed E-state index contributed by atoms with van der Waals surface area (Å²) in [6.45, 7) is 2.46. The zero-order valence-electron chi connectivity index (χ0n) is 6.06. The van der Waals surface area contributed by atoms with E-state index in [0.29, 0.717) is 12.5 Å². The maximum Gasteiger partial charge on any atom is 0.223 e. The third-order valence-electron chi connectivity index (χ3n) is 1.51. The van der Waals surface area contributed by atoms with Crippen molar-refractivity contribution in [3.8, 4) is 0 Å². The fourth-order valence-corrected chi connectivity index (χ4v) is 0.808. The molecular weight excluding hydrogens is 150 g/mol. The molecule has 0 saturated heterocycles. The summed E-state index contributed by atoms with van der Waals surface area (Å²) in [4.78, 5) is 10.9. The normalized spacial score (nSPS) is 20.2. The maximum absolute atomic E-state index is 10.9. The van der Waals surface area contributed by atoms with Crippen LogP contribution in [0, 0.1) is 5.92 Å². The average molecular weight is 162 g/mol. The van der Waals surface area contributed by atoms with Crippen molar-refractivity contribution in [1.82, 2.24) is 5.32 Å². The lowest BCUT2D eigenvalue weighted by Crippen LogP contribution is -2.29. The van der Waals surface area contributed by atoms with Crippen LogP contribution >= 0.6 is 11.6 Å². The lowest BCUT2D eigenvalue weighted by atomic mass is 10.4. The Hall–Kier alpha value is -0.240. The summed E-state index contributed by atoms with van der Waals surface area (Å²) in [6.07, 6.45) is 2.12. The number of halogens is 1. The van der Waals surface area contributed by atoms with Crippen LogP contribution in [0.2, 0.25) is 0 Å². The van der Waals surface area contributed by atoms with Crippen LogP contribution in [-0.4, -0.2) is 17.8 Å². The Morgan fingerprint density at radius 1 is 1.80 bits per heavy atom. The van der Waals surface area contributed by atoms with Crippen LogP contribution < -0.4 is 5.32 Å². The van der Waals surface area contributed by atoms with Gasteiger partial charge in [0.1, 0.15) is 0 Å². The molecule has 3 heteroatoms. The molecule has 58 valence electrons. The molecule has 1 N–H and O–H groups in total. The van der Waals surface area contributed by atoms with Gasteiger partial charge in [0, 0.05) is 17.8 Å². The van der Waals surface area contributed by atoms with Crippen LogP contribution in [0.15, 0.2) is 0 Å². The van der Waals surface area contributed by atoms with Crippen LogP contribution in [-0.2, 0) is 4.79 Å². The minimum absolute atomic E-state index is 0.0442. The van der Waals surface area contributed by atoms with E-state index >= 15 is 0 Å². The molecular formula is C7H12ClNO. The summed E-state index contributed by atoms with van der Waals surface area (Å²) in [5.41, 5.74) is 0. The first-order valence-electron chi connectivity index (χ1n) is 3.62. The second kappa shape index (κ2) is 3.24. The van der Waals surface area contributed by atoms with E-state index in [0.717, 1.165) is 12.8 Å². The molecule has 1 rings (SSSR count). The molecule has 1 fully saturated rings. The highest BCUT2D eigenvalue weighted by Crippen LogP contribution is 2.28. The molecule has 1 atom stereocenters. The Bertz CT molecular complexity index is 132. The third kappa shape index (κ3) is 2.56. The molecule has 0 aliphatic heterocycles. The number of nitrogens with one attached hydrogen (secondary N) is 1. The summed E-state index contributed by atoms with van der Waals surface area (Å²) in [6, 6.07) is 0. The molecule has 1 saturated carbocycles. The van der Waals surface area contributed by atoms with E-state index in [-0.39, 0.29) is 11.3 Å². The van der Waals surface area contributed by atoms with Gasteiger partial charge in [-0.25, -0.2) is 0 Å². The van der Waals surface area contributed by atoms with Gasteiger partial charge in [-0.15, -0.1) is 11.6 Å². The highest BCUT2D eigenvalue weighted by molar-refractivity contribution is 6.20. The van der Waals surface area contributed by atoms with Gasteiger partial charge >= 0.3 is 0 Å². The zero-order valence-corrected chi connectivity index (χ0v) is 6.82. The molecule has 0 heterocycles. The van der Waals surface area contributed by atoms with Crippen LogP contribution in [0.3, 0.4) is 0 Å². The van der Waals surface area contributed by atoms with Crippen LogP contribution in [0.4, 0.5) is 0 Å². The molecule has 0 spiro atoms. The first kappa shape index (κ1) is 7.86. The second-order valence-corrected chi connectivity index (χ2v) is 3.55. The minimum Gasteiger partial charge on any atom is -0.354 e. The van der Waals surface area contributed by atoms with Gasteiger partial charge in [0.2, 0.25) is 5.91 Å². The van der Waals surface area contributed by atoms with E-state index in [1.165, 1.54) is 0 Å². The van der Waals surface area contributed by atoms with Crippen LogP contribution in [0.5, 0.6) is 0 Å². The van der Waals surface area contributed by atoms with Crippen molar-refractivity contribution >= 4 is 17.5 Å². The first-order chi connectivity index (χ1) is 4.70. The van der Waals surface area contributed by atoms with Crippen molar-refractivity contribution in [3.63, 3.8) is 0 Å². The average Bonchev–Trinajstić information content (AvgIpc) is 2.63. The highest BCUT2D eigenvalue weighted by atomic mass is 35.5. The molecule has 0 aromatic rings. The number of rotatable bonds is 3. The van der Waals surface area contributed by atoms with Gasteiger partial charge in [-0.2, -0.15) is 0 Å². The monoisotopic (exact) mass is 161 g/mol. The van der Waals surface area contributed by atoms with Crippen LogP contribution in [0.25, 0.3) is 0 Å². The van der Waals surface area contributed by atoms with E-state index in [9.17, 15) is 4.79 Å². The van der Waals surface area contributed by atoms with Gasteiger partial charge in [-0.3, -0.25) is 4.79 Å². The smallest absolute Gasteiger partial charge is 0.223 e. The summed E-state index contributed by atoms with van der Waals surface area (Å²) < 4.78 is 0. The van der Waals surface area contributed by atoms with Gasteiger partial charge in [0.25, 0.3) is 0 Å². The van der Waals surface area contributed by atoms with Crippen molar-refractivity contribution < 1.29 is 4.79 Å². The van der Waals surface area contributed by atoms with Gasteiger partial charge in [0.15, 0.2) is 0 Å². The molecule has 1 amide bonds. The third-order valence-corrected chi connectivity index (χ3v) is 1.66. The molecule has 1 unspecified atom stereocenters. The van der Waals surface area contributed by atoms with Gasteiger partial charge in [-0.05, 0) is 19.8 Å². The van der Waals surface area contributed by atoms with E-state index < -0.39 is 0 Å². The molecule has 2 nitrogen and oxygen atoms in total.